The fourth-order valence-corrected chi connectivity index (χ4v) is 21.7. The average Bonchev–Trinajstić information content (AvgIpc) is 0.752. The van der Waals surface area contributed by atoms with Crippen LogP contribution >= 0.6 is 58.0 Å². The monoisotopic (exact) mass is 2040 g/mol. The number of carbonyl (C=O) groups is 5. The van der Waals surface area contributed by atoms with Crippen molar-refractivity contribution in [3.05, 3.63) is 437 Å². The Morgan fingerprint density at radius 1 is 0.253 bits per heavy atom. The van der Waals surface area contributed by atoms with Gasteiger partial charge in [-0.3, -0.25) is 48.5 Å². The van der Waals surface area contributed by atoms with Crippen LogP contribution in [0.5, 0.6) is 0 Å². The van der Waals surface area contributed by atoms with Crippen molar-refractivity contribution in [2.24, 2.45) is 28.7 Å². The predicted molar refractivity (Wildman–Crippen MR) is 578 cm³/mol. The number of anilines is 5. The first-order valence-corrected chi connectivity index (χ1v) is 50.5. The molecule has 0 radical (unpaired) electrons. The van der Waals surface area contributed by atoms with Crippen LogP contribution < -0.4 is 53.2 Å². The zero-order valence-corrected chi connectivity index (χ0v) is 86.0. The molecule has 740 valence electrons. The molecule has 146 heavy (non-hydrogen) atoms. The highest BCUT2D eigenvalue weighted by atomic mass is 35.5. The van der Waals surface area contributed by atoms with E-state index in [-0.39, 0.29) is 42.1 Å². The third kappa shape index (κ3) is 21.2. The van der Waals surface area contributed by atoms with Crippen molar-refractivity contribution < 1.29 is 34.2 Å². The van der Waals surface area contributed by atoms with Gasteiger partial charge in [0.2, 0.25) is 0 Å². The third-order valence-corrected chi connectivity index (χ3v) is 29.7. The topological polar surface area (TPSA) is 391 Å². The molecule has 5 aliphatic carbocycles. The minimum absolute atomic E-state index is 0.0834. The molecular weight excluding hydrogens is 1930 g/mol. The molecule has 5 heterocycles. The van der Waals surface area contributed by atoms with Crippen LogP contribution in [-0.4, -0.2) is 52.3 Å². The molecule has 22 nitrogen and oxygen atoms in total. The Hall–Kier alpha value is -15.2. The Morgan fingerprint density at radius 3 is 0.534 bits per heavy atom. The third-order valence-electron chi connectivity index (χ3n) is 27.6. The summed E-state index contributed by atoms with van der Waals surface area (Å²) in [5.74, 6) is 0.139. The zero-order valence-electron chi connectivity index (χ0n) is 82.2. The molecule has 5 atom stereocenters. The number of aliphatic hydroxyl groups is 2. The number of rotatable bonds is 10. The lowest BCUT2D eigenvalue weighted by Crippen LogP contribution is -2.39. The molecule has 5 aliphatic heterocycles. The molecule has 0 amide bonds. The highest BCUT2D eigenvalue weighted by molar-refractivity contribution is 6.33. The standard InChI is InChI=1S/5C23H20ClN3O.2C2H6O/c5*1-14-17(24)9-5-10-18(14)27-19-11-6-12-20(28)22(19)21(16(13-25)23(27)26)15-7-3-2-4-8-15;2*1-2-3/h5*2-5,7-10,21H,6,11-12,26H2,1H3;2*3H,2H2,1H3. The predicted octanol–water partition coefficient (Wildman–Crippen LogP) is 24.8. The molecular formula is C119H112Cl5N15O7. The number of allylic oxidation sites excluding steroid dienone is 15. The van der Waals surface area contributed by atoms with Gasteiger partial charge in [-0.15, -0.1) is 0 Å². The van der Waals surface area contributed by atoms with Gasteiger partial charge in [0.25, 0.3) is 0 Å². The van der Waals surface area contributed by atoms with Crippen LogP contribution in [0.1, 0.15) is 195 Å². The summed E-state index contributed by atoms with van der Waals surface area (Å²) in [5.41, 5.74) is 55.6. The summed E-state index contributed by atoms with van der Waals surface area (Å²) in [4.78, 5) is 74.5. The maximum atomic E-state index is 13.0. The van der Waals surface area contributed by atoms with Crippen LogP contribution in [0.2, 0.25) is 25.1 Å². The number of nitrogens with two attached hydrogens (primary N) is 5. The number of benzene rings is 10. The molecule has 0 saturated carbocycles. The molecule has 27 heteroatoms. The summed E-state index contributed by atoms with van der Waals surface area (Å²) in [6, 6.07) is 87.7. The van der Waals surface area contributed by atoms with Gasteiger partial charge in [0.05, 0.1) is 116 Å². The van der Waals surface area contributed by atoms with Crippen molar-refractivity contribution in [1.82, 2.24) is 0 Å². The lowest BCUT2D eigenvalue weighted by atomic mass is 9.75. The van der Waals surface area contributed by atoms with Gasteiger partial charge in [-0.1, -0.05) is 240 Å². The summed E-state index contributed by atoms with van der Waals surface area (Å²) in [6.45, 7) is 13.5. The van der Waals surface area contributed by atoms with Crippen molar-refractivity contribution in [2.75, 3.05) is 37.7 Å². The first-order valence-electron chi connectivity index (χ1n) is 48.6. The normalized spacial score (nSPS) is 19.0. The molecule has 0 aromatic heterocycles. The molecule has 10 aliphatic rings. The van der Waals surface area contributed by atoms with Crippen molar-refractivity contribution in [3.63, 3.8) is 0 Å². The molecule has 0 fully saturated rings. The summed E-state index contributed by atoms with van der Waals surface area (Å²) in [5, 5.41) is 68.2. The van der Waals surface area contributed by atoms with Gasteiger partial charge in [-0.25, -0.2) is 0 Å². The lowest BCUT2D eigenvalue weighted by molar-refractivity contribution is -0.117. The fourth-order valence-electron chi connectivity index (χ4n) is 20.9. The summed E-state index contributed by atoms with van der Waals surface area (Å²) in [6.07, 6.45) is 9.95. The van der Waals surface area contributed by atoms with E-state index in [0.717, 1.165) is 177 Å². The van der Waals surface area contributed by atoms with E-state index >= 15 is 0 Å². The van der Waals surface area contributed by atoms with Crippen LogP contribution in [0.4, 0.5) is 28.4 Å². The van der Waals surface area contributed by atoms with Gasteiger partial charge in [0.15, 0.2) is 28.9 Å². The van der Waals surface area contributed by atoms with Crippen molar-refractivity contribution >= 4 is 115 Å². The summed E-state index contributed by atoms with van der Waals surface area (Å²) < 4.78 is 0. The van der Waals surface area contributed by atoms with Crippen molar-refractivity contribution in [2.45, 2.75) is 174 Å². The van der Waals surface area contributed by atoms with E-state index in [1.165, 1.54) is 0 Å². The SMILES string of the molecule is CCO.CCO.Cc1c(Cl)cccc1N1C(N)=C(C#N)C(c2ccccc2)C2=C1CCCC2=O.Cc1c(Cl)cccc1N1C(N)=C(C#N)C(c2ccccc2)C2=C1CCCC2=O.Cc1c(Cl)cccc1N1C(N)=C(C#N)C(c2ccccc2)C2=C1CCCC2=O.Cc1c(Cl)cccc1N1C(N)=C(C#N)C(c2ccccc2)C2=C1CCCC2=O.Cc1c(Cl)cccc1N1C(N)=C(C#N)C(c2ccccc2)C2=C1CCCC2=O. The zero-order chi connectivity index (χ0) is 105. The Kier molecular flexibility index (Phi) is 35.0. The Labute approximate surface area is 877 Å². The number of hydrogen-bond acceptors (Lipinski definition) is 22. The second-order valence-corrected chi connectivity index (χ2v) is 38.2. The van der Waals surface area contributed by atoms with Crippen LogP contribution in [0.25, 0.3) is 0 Å². The molecule has 10 aromatic rings. The number of nitrogens with zero attached hydrogens (tertiary/aromatic N) is 10. The number of halogens is 5. The van der Waals surface area contributed by atoms with E-state index in [0.29, 0.717) is 142 Å². The van der Waals surface area contributed by atoms with Crippen LogP contribution in [0.3, 0.4) is 0 Å². The number of aliphatic hydroxyl groups excluding tert-OH is 2. The maximum Gasteiger partial charge on any atom is 0.161 e. The van der Waals surface area contributed by atoms with Gasteiger partial charge < -0.3 is 38.9 Å². The fraction of sp³-hybridized carbons (Fsp3) is 0.244. The van der Waals surface area contributed by atoms with E-state index in [9.17, 15) is 50.3 Å². The van der Waals surface area contributed by atoms with E-state index < -0.39 is 29.6 Å². The second-order valence-electron chi connectivity index (χ2n) is 36.2. The number of ketones is 5. The van der Waals surface area contributed by atoms with E-state index in [1.807, 2.05) is 302 Å². The highest BCUT2D eigenvalue weighted by Gasteiger charge is 2.48. The van der Waals surface area contributed by atoms with Gasteiger partial charge >= 0.3 is 0 Å². The smallest absolute Gasteiger partial charge is 0.161 e. The molecule has 20 rings (SSSR count). The van der Waals surface area contributed by atoms with E-state index in [1.54, 1.807) is 13.8 Å². The average molecular weight is 2040 g/mol. The Bertz CT molecular complexity index is 6370. The minimum Gasteiger partial charge on any atom is -0.397 e. The van der Waals surface area contributed by atoms with Gasteiger partial charge in [0, 0.05) is 127 Å². The molecule has 5 unspecified atom stereocenters. The quantitative estimate of drug-likeness (QED) is 0.0668. The minimum atomic E-state index is -0.426. The van der Waals surface area contributed by atoms with Gasteiger partial charge in [-0.05, 0) is 229 Å². The molecule has 0 saturated heterocycles. The highest BCUT2D eigenvalue weighted by Crippen LogP contribution is 2.55. The Morgan fingerprint density at radius 2 is 0.397 bits per heavy atom. The lowest BCUT2D eigenvalue weighted by Gasteiger charge is -2.40. The number of nitriles is 5. The van der Waals surface area contributed by atoms with E-state index in [4.69, 9.17) is 96.9 Å². The Balaban J connectivity index is 0.000000142. The van der Waals surface area contributed by atoms with Crippen molar-refractivity contribution in [3.8, 4) is 30.3 Å². The number of Topliss-reactive ketones (excluding diaryl/α,β-unsaturated/α-hetero) is 5. The largest absolute Gasteiger partial charge is 0.397 e. The van der Waals surface area contributed by atoms with Crippen LogP contribution in [0, 0.1) is 91.3 Å². The maximum absolute atomic E-state index is 13.0. The van der Waals surface area contributed by atoms with Gasteiger partial charge in [-0.2, -0.15) is 26.3 Å². The van der Waals surface area contributed by atoms with Gasteiger partial charge in [0.1, 0.15) is 29.1 Å². The molecule has 12 N–H and O–H groups in total. The molecule has 0 spiro atoms. The van der Waals surface area contributed by atoms with E-state index in [2.05, 4.69) is 30.3 Å². The van der Waals surface area contributed by atoms with Crippen LogP contribution in [0.15, 0.2) is 356 Å². The second kappa shape index (κ2) is 48.0. The van der Waals surface area contributed by atoms with Crippen LogP contribution in [-0.2, 0) is 24.0 Å². The summed E-state index contributed by atoms with van der Waals surface area (Å²) in [7, 11) is 0. The molecule has 0 bridgehead atoms. The molecule has 10 aromatic carbocycles. The summed E-state index contributed by atoms with van der Waals surface area (Å²) >= 11 is 31.7. The first kappa shape index (κ1) is 107. The number of hydrogen-bond donors (Lipinski definition) is 7. The first-order chi connectivity index (χ1) is 70.5. The van der Waals surface area contributed by atoms with Crippen molar-refractivity contribution in [1.29, 1.82) is 26.3 Å². The number of carbonyl (C=O) groups excluding carboxylic acids is 5.